The number of esters is 1. The molecule has 0 saturated carbocycles. The summed E-state index contributed by atoms with van der Waals surface area (Å²) in [6.07, 6.45) is 0. The highest BCUT2D eigenvalue weighted by molar-refractivity contribution is 5.82. The van der Waals surface area contributed by atoms with E-state index in [1.54, 1.807) is 0 Å². The molecule has 1 atom stereocenters. The van der Waals surface area contributed by atoms with E-state index in [4.69, 9.17) is 4.74 Å². The second-order valence-corrected chi connectivity index (χ2v) is 7.87. The zero-order chi connectivity index (χ0) is 22.2. The van der Waals surface area contributed by atoms with Crippen molar-refractivity contribution in [2.75, 3.05) is 11.9 Å². The van der Waals surface area contributed by atoms with E-state index in [9.17, 15) is 4.79 Å². The van der Waals surface area contributed by atoms with E-state index >= 15 is 0 Å². The lowest BCUT2D eigenvalue weighted by Gasteiger charge is -2.21. The fourth-order valence-corrected chi connectivity index (χ4v) is 3.79. The van der Waals surface area contributed by atoms with Crippen LogP contribution in [0.25, 0.3) is 0 Å². The highest BCUT2D eigenvalue weighted by Crippen LogP contribution is 2.28. The van der Waals surface area contributed by atoms with Crippen LogP contribution < -0.4 is 4.90 Å². The van der Waals surface area contributed by atoms with Gasteiger partial charge in [0.1, 0.15) is 12.5 Å². The molecule has 4 rings (SSSR count). The highest BCUT2D eigenvalue weighted by Gasteiger charge is 2.24. The Hall–Kier alpha value is -3.85. The zero-order valence-corrected chi connectivity index (χ0v) is 18.2. The average molecular weight is 422 g/mol. The third-order valence-electron chi connectivity index (χ3n) is 5.52. The molecule has 0 aliphatic carbocycles. The Balaban J connectivity index is 1.52. The first-order chi connectivity index (χ1) is 15.7. The number of nitrogens with zero attached hydrogens (tertiary/aromatic N) is 1. The van der Waals surface area contributed by atoms with Gasteiger partial charge in [-0.2, -0.15) is 0 Å². The van der Waals surface area contributed by atoms with E-state index in [0.29, 0.717) is 0 Å². The van der Waals surface area contributed by atoms with Crippen LogP contribution in [0.15, 0.2) is 115 Å². The summed E-state index contributed by atoms with van der Waals surface area (Å²) in [5, 5.41) is 0. The van der Waals surface area contributed by atoms with E-state index in [1.165, 1.54) is 5.56 Å². The number of carbonyl (C=O) groups is 1. The molecule has 0 heterocycles. The second-order valence-electron chi connectivity index (χ2n) is 7.87. The van der Waals surface area contributed by atoms with Gasteiger partial charge in [-0.3, -0.25) is 4.79 Å². The van der Waals surface area contributed by atoms with Gasteiger partial charge >= 0.3 is 5.97 Å². The van der Waals surface area contributed by atoms with Crippen LogP contribution in [0.3, 0.4) is 0 Å². The van der Waals surface area contributed by atoms with E-state index in [1.807, 2.05) is 78.9 Å². The molecular weight excluding hydrogens is 394 g/mol. The molecule has 0 spiro atoms. The summed E-state index contributed by atoms with van der Waals surface area (Å²) < 4.78 is 5.71. The Morgan fingerprint density at radius 1 is 0.688 bits per heavy atom. The minimum Gasteiger partial charge on any atom is -0.460 e. The van der Waals surface area contributed by atoms with Crippen LogP contribution in [-0.2, 0) is 22.7 Å². The molecule has 160 valence electrons. The molecular formula is C29H27NO2. The lowest BCUT2D eigenvalue weighted by molar-refractivity contribution is -0.145. The van der Waals surface area contributed by atoms with Crippen LogP contribution in [0.5, 0.6) is 0 Å². The molecule has 0 amide bonds. The van der Waals surface area contributed by atoms with Crippen LogP contribution >= 0.6 is 0 Å². The zero-order valence-electron chi connectivity index (χ0n) is 18.2. The summed E-state index contributed by atoms with van der Waals surface area (Å²) in [7, 11) is 2.07. The average Bonchev–Trinajstić information content (AvgIpc) is 2.85. The first-order valence-electron chi connectivity index (χ1n) is 10.8. The predicted octanol–water partition coefficient (Wildman–Crippen LogP) is 6.20. The normalized spacial score (nSPS) is 11.5. The fourth-order valence-electron chi connectivity index (χ4n) is 3.79. The van der Waals surface area contributed by atoms with E-state index in [-0.39, 0.29) is 12.6 Å². The molecule has 0 saturated heterocycles. The SMILES string of the molecule is CN(Cc1ccccc1)c1ccc(C(C(=O)OCc2ccccc2)c2ccccc2)cc1. The number of ether oxygens (including phenoxy) is 1. The van der Waals surface area contributed by atoms with E-state index in [2.05, 4.69) is 48.3 Å². The molecule has 0 bridgehead atoms. The molecule has 3 heteroatoms. The Morgan fingerprint density at radius 2 is 1.19 bits per heavy atom. The quantitative estimate of drug-likeness (QED) is 0.317. The van der Waals surface area contributed by atoms with Crippen molar-refractivity contribution in [2.24, 2.45) is 0 Å². The van der Waals surface area contributed by atoms with Gasteiger partial charge in [-0.15, -0.1) is 0 Å². The molecule has 0 aliphatic rings. The summed E-state index contributed by atoms with van der Waals surface area (Å²) in [5.41, 5.74) is 5.18. The minimum atomic E-state index is -0.464. The maximum absolute atomic E-state index is 13.1. The maximum atomic E-state index is 13.1. The Labute approximate surface area is 189 Å². The third-order valence-corrected chi connectivity index (χ3v) is 5.52. The monoisotopic (exact) mass is 421 g/mol. The molecule has 3 nitrogen and oxygen atoms in total. The van der Waals surface area contributed by atoms with Gasteiger partial charge in [-0.1, -0.05) is 103 Å². The molecule has 32 heavy (non-hydrogen) atoms. The lowest BCUT2D eigenvalue weighted by atomic mass is 9.91. The maximum Gasteiger partial charge on any atom is 0.318 e. The number of hydrogen-bond acceptors (Lipinski definition) is 3. The fraction of sp³-hybridized carbons (Fsp3) is 0.138. The minimum absolute atomic E-state index is 0.245. The predicted molar refractivity (Wildman–Crippen MR) is 130 cm³/mol. The standard InChI is InChI=1S/C29H27NO2/c1-30(21-23-11-5-2-6-12-23)27-19-17-26(18-20-27)28(25-15-9-4-10-16-25)29(31)32-22-24-13-7-3-8-14-24/h2-20,28H,21-22H2,1H3. The van der Waals surface area contributed by atoms with Crippen molar-refractivity contribution in [1.29, 1.82) is 0 Å². The van der Waals surface area contributed by atoms with Crippen LogP contribution in [0.1, 0.15) is 28.2 Å². The lowest BCUT2D eigenvalue weighted by Crippen LogP contribution is -2.18. The van der Waals surface area contributed by atoms with Crippen molar-refractivity contribution in [3.8, 4) is 0 Å². The van der Waals surface area contributed by atoms with Gasteiger partial charge in [0.2, 0.25) is 0 Å². The Kier molecular flexibility index (Phi) is 6.98. The number of hydrogen-bond donors (Lipinski definition) is 0. The van der Waals surface area contributed by atoms with Crippen LogP contribution in [-0.4, -0.2) is 13.0 Å². The number of carbonyl (C=O) groups excluding carboxylic acids is 1. The number of benzene rings is 4. The summed E-state index contributed by atoms with van der Waals surface area (Å²) in [6.45, 7) is 1.09. The van der Waals surface area contributed by atoms with Gasteiger partial charge in [0.05, 0.1) is 0 Å². The molecule has 1 unspecified atom stereocenters. The van der Waals surface area contributed by atoms with Crippen LogP contribution in [0.2, 0.25) is 0 Å². The number of rotatable bonds is 8. The van der Waals surface area contributed by atoms with Gasteiger partial charge in [-0.25, -0.2) is 0 Å². The summed E-state index contributed by atoms with van der Waals surface area (Å²) >= 11 is 0. The van der Waals surface area contributed by atoms with Gasteiger partial charge in [0.15, 0.2) is 0 Å². The third kappa shape index (κ3) is 5.44. The smallest absolute Gasteiger partial charge is 0.318 e. The largest absolute Gasteiger partial charge is 0.460 e. The van der Waals surface area contributed by atoms with Crippen molar-refractivity contribution in [1.82, 2.24) is 0 Å². The van der Waals surface area contributed by atoms with Gasteiger partial charge in [-0.05, 0) is 34.4 Å². The first-order valence-corrected chi connectivity index (χ1v) is 10.8. The molecule has 0 aliphatic heterocycles. The molecule has 0 fully saturated rings. The Bertz CT molecular complexity index is 1110. The van der Waals surface area contributed by atoms with E-state index < -0.39 is 5.92 Å². The van der Waals surface area contributed by atoms with Crippen molar-refractivity contribution in [2.45, 2.75) is 19.1 Å². The van der Waals surface area contributed by atoms with Gasteiger partial charge in [0.25, 0.3) is 0 Å². The van der Waals surface area contributed by atoms with Crippen molar-refractivity contribution in [3.05, 3.63) is 138 Å². The van der Waals surface area contributed by atoms with E-state index in [0.717, 1.165) is 28.9 Å². The van der Waals surface area contributed by atoms with Crippen molar-refractivity contribution < 1.29 is 9.53 Å². The summed E-state index contributed by atoms with van der Waals surface area (Å²) in [5.74, 6) is -0.709. The first kappa shape index (κ1) is 21.4. The van der Waals surface area contributed by atoms with Crippen LogP contribution in [0.4, 0.5) is 5.69 Å². The molecule has 0 radical (unpaired) electrons. The Morgan fingerprint density at radius 3 is 1.78 bits per heavy atom. The highest BCUT2D eigenvalue weighted by atomic mass is 16.5. The molecule has 0 N–H and O–H groups in total. The molecule has 4 aromatic rings. The van der Waals surface area contributed by atoms with Gasteiger partial charge < -0.3 is 9.64 Å². The topological polar surface area (TPSA) is 29.5 Å². The van der Waals surface area contributed by atoms with Crippen molar-refractivity contribution in [3.63, 3.8) is 0 Å². The number of anilines is 1. The van der Waals surface area contributed by atoms with Crippen LogP contribution in [0, 0.1) is 0 Å². The molecule has 0 aromatic heterocycles. The second kappa shape index (κ2) is 10.5. The van der Waals surface area contributed by atoms with Gasteiger partial charge in [0, 0.05) is 19.3 Å². The molecule has 4 aromatic carbocycles. The summed E-state index contributed by atoms with van der Waals surface area (Å²) in [6, 6.07) is 38.2. The summed E-state index contributed by atoms with van der Waals surface area (Å²) in [4.78, 5) is 15.3. The van der Waals surface area contributed by atoms with Crippen molar-refractivity contribution >= 4 is 11.7 Å².